The smallest absolute Gasteiger partial charge is 0.264 e. The number of amides is 1. The molecule has 0 atom stereocenters. The Kier molecular flexibility index (Phi) is 8.18. The quantitative estimate of drug-likeness (QED) is 0.370. The highest BCUT2D eigenvalue weighted by Gasteiger charge is 2.16. The standard InChI is InChI=1S/C22H22BrN5O4S2/c1-13-10-17(6-9-19(13)23)32-12-20(29)27-22(33)26-16-4-7-18(8-5-16)34(30,31)28-21-24-14(2)11-15(3)25-21/h4-11H,12H2,1-3H3,(H,24,25,28)(H2,26,27,29,33). The second-order valence-corrected chi connectivity index (χ2v) is 10.3. The van der Waals surface area contributed by atoms with Gasteiger partial charge in [-0.3, -0.25) is 10.1 Å². The number of hydrogen-bond acceptors (Lipinski definition) is 7. The average Bonchev–Trinajstić information content (AvgIpc) is 2.74. The van der Waals surface area contributed by atoms with Crippen molar-refractivity contribution < 1.29 is 17.9 Å². The number of aryl methyl sites for hydroxylation is 3. The molecule has 0 aliphatic rings. The molecule has 0 unspecified atom stereocenters. The number of carbonyl (C=O) groups is 1. The van der Waals surface area contributed by atoms with Crippen LogP contribution in [0.25, 0.3) is 0 Å². The molecule has 0 radical (unpaired) electrons. The lowest BCUT2D eigenvalue weighted by atomic mass is 10.2. The zero-order valence-corrected chi connectivity index (χ0v) is 21.8. The molecule has 2 aromatic carbocycles. The summed E-state index contributed by atoms with van der Waals surface area (Å²) in [5.74, 6) is 0.130. The number of hydrogen-bond donors (Lipinski definition) is 3. The van der Waals surface area contributed by atoms with Crippen LogP contribution in [0.5, 0.6) is 5.75 Å². The third-order valence-corrected chi connectivity index (χ3v) is 6.82. The number of anilines is 2. The van der Waals surface area contributed by atoms with E-state index < -0.39 is 15.9 Å². The molecule has 178 valence electrons. The second kappa shape index (κ2) is 10.9. The summed E-state index contributed by atoms with van der Waals surface area (Å²) in [7, 11) is -3.88. The van der Waals surface area contributed by atoms with Crippen molar-refractivity contribution in [3.05, 3.63) is 70.0 Å². The highest BCUT2D eigenvalue weighted by Crippen LogP contribution is 2.21. The molecule has 12 heteroatoms. The first-order valence-corrected chi connectivity index (χ1v) is 12.7. The molecular weight excluding hydrogens is 542 g/mol. The van der Waals surface area contributed by atoms with E-state index in [0.29, 0.717) is 22.8 Å². The van der Waals surface area contributed by atoms with Crippen molar-refractivity contribution in [2.24, 2.45) is 0 Å². The summed E-state index contributed by atoms with van der Waals surface area (Å²) in [5, 5.41) is 5.40. The number of thiocarbonyl (C=S) groups is 1. The van der Waals surface area contributed by atoms with E-state index in [0.717, 1.165) is 10.0 Å². The molecule has 0 spiro atoms. The van der Waals surface area contributed by atoms with Gasteiger partial charge in [0, 0.05) is 21.5 Å². The van der Waals surface area contributed by atoms with E-state index in [9.17, 15) is 13.2 Å². The third kappa shape index (κ3) is 7.20. The Morgan fingerprint density at radius 3 is 2.29 bits per heavy atom. The molecule has 3 rings (SSSR count). The van der Waals surface area contributed by atoms with Gasteiger partial charge in [0.2, 0.25) is 5.95 Å². The molecule has 3 N–H and O–H groups in total. The summed E-state index contributed by atoms with van der Waals surface area (Å²) in [4.78, 5) is 20.3. The first-order chi connectivity index (χ1) is 16.0. The van der Waals surface area contributed by atoms with Crippen LogP contribution < -0.4 is 20.1 Å². The summed E-state index contributed by atoms with van der Waals surface area (Å²) in [6.07, 6.45) is 0. The average molecular weight is 564 g/mol. The van der Waals surface area contributed by atoms with E-state index in [2.05, 4.69) is 41.3 Å². The fourth-order valence-electron chi connectivity index (χ4n) is 2.85. The van der Waals surface area contributed by atoms with E-state index in [1.807, 2.05) is 19.1 Å². The number of nitrogens with one attached hydrogen (secondary N) is 3. The van der Waals surface area contributed by atoms with Crippen molar-refractivity contribution in [1.82, 2.24) is 15.3 Å². The zero-order chi connectivity index (χ0) is 24.9. The lowest BCUT2D eigenvalue weighted by Crippen LogP contribution is -2.37. The van der Waals surface area contributed by atoms with Gasteiger partial charge in [-0.05, 0) is 87.1 Å². The van der Waals surface area contributed by atoms with Crippen molar-refractivity contribution in [3.63, 3.8) is 0 Å². The number of carbonyl (C=O) groups excluding carboxylic acids is 1. The number of aromatic nitrogens is 2. The fourth-order valence-corrected chi connectivity index (χ4v) is 4.27. The Balaban J connectivity index is 1.54. The van der Waals surface area contributed by atoms with Gasteiger partial charge in [0.1, 0.15) is 5.75 Å². The zero-order valence-electron chi connectivity index (χ0n) is 18.5. The molecular formula is C22H22BrN5O4S2. The summed E-state index contributed by atoms with van der Waals surface area (Å²) in [6.45, 7) is 5.21. The number of nitrogens with zero attached hydrogens (tertiary/aromatic N) is 2. The molecule has 1 amide bonds. The Hall–Kier alpha value is -3.09. The van der Waals surface area contributed by atoms with E-state index in [1.54, 1.807) is 26.0 Å². The third-order valence-electron chi connectivity index (χ3n) is 4.38. The lowest BCUT2D eigenvalue weighted by Gasteiger charge is -2.12. The number of sulfonamides is 1. The SMILES string of the molecule is Cc1cc(C)nc(NS(=O)(=O)c2ccc(NC(=S)NC(=O)COc3ccc(Br)c(C)c3)cc2)n1. The number of halogens is 1. The van der Waals surface area contributed by atoms with Crippen molar-refractivity contribution in [1.29, 1.82) is 0 Å². The lowest BCUT2D eigenvalue weighted by molar-refractivity contribution is -0.121. The van der Waals surface area contributed by atoms with Gasteiger partial charge < -0.3 is 10.1 Å². The predicted molar refractivity (Wildman–Crippen MR) is 137 cm³/mol. The van der Waals surface area contributed by atoms with E-state index in [4.69, 9.17) is 17.0 Å². The maximum absolute atomic E-state index is 12.6. The van der Waals surface area contributed by atoms with Crippen LogP contribution in [-0.4, -0.2) is 36.0 Å². The van der Waals surface area contributed by atoms with Gasteiger partial charge >= 0.3 is 0 Å². The van der Waals surface area contributed by atoms with Gasteiger partial charge in [0.15, 0.2) is 11.7 Å². The number of benzene rings is 2. The maximum Gasteiger partial charge on any atom is 0.264 e. The molecule has 0 saturated carbocycles. The highest BCUT2D eigenvalue weighted by molar-refractivity contribution is 9.10. The van der Waals surface area contributed by atoms with Gasteiger partial charge in [-0.15, -0.1) is 0 Å². The minimum absolute atomic E-state index is 0.00380. The summed E-state index contributed by atoms with van der Waals surface area (Å²) in [6, 6.07) is 13.0. The second-order valence-electron chi connectivity index (χ2n) is 7.31. The van der Waals surface area contributed by atoms with Crippen LogP contribution in [0.15, 0.2) is 57.9 Å². The summed E-state index contributed by atoms with van der Waals surface area (Å²) in [5.41, 5.74) is 2.78. The molecule has 0 aliphatic heterocycles. The van der Waals surface area contributed by atoms with Crippen molar-refractivity contribution in [2.45, 2.75) is 25.7 Å². The number of ether oxygens (including phenoxy) is 1. The number of rotatable bonds is 7. The van der Waals surface area contributed by atoms with Crippen molar-refractivity contribution in [2.75, 3.05) is 16.6 Å². The maximum atomic E-state index is 12.6. The molecule has 34 heavy (non-hydrogen) atoms. The van der Waals surface area contributed by atoms with Crippen molar-refractivity contribution >= 4 is 60.8 Å². The first kappa shape index (κ1) is 25.5. The van der Waals surface area contributed by atoms with E-state index in [-0.39, 0.29) is 22.6 Å². The normalized spacial score (nSPS) is 10.9. The van der Waals surface area contributed by atoms with Crippen LogP contribution in [0.1, 0.15) is 17.0 Å². The molecule has 0 bridgehead atoms. The molecule has 0 aliphatic carbocycles. The molecule has 0 fully saturated rings. The Bertz CT molecular complexity index is 1310. The molecule has 1 aromatic heterocycles. The van der Waals surface area contributed by atoms with Gasteiger partial charge in [-0.2, -0.15) is 0 Å². The minimum Gasteiger partial charge on any atom is -0.484 e. The van der Waals surface area contributed by atoms with E-state index in [1.165, 1.54) is 24.3 Å². The van der Waals surface area contributed by atoms with Crippen molar-refractivity contribution in [3.8, 4) is 5.75 Å². The van der Waals surface area contributed by atoms with Gasteiger partial charge in [0.05, 0.1) is 4.90 Å². The summed E-state index contributed by atoms with van der Waals surface area (Å²) >= 11 is 8.55. The molecule has 1 heterocycles. The van der Waals surface area contributed by atoms with Gasteiger partial charge in [0.25, 0.3) is 15.9 Å². The minimum atomic E-state index is -3.88. The Morgan fingerprint density at radius 2 is 1.68 bits per heavy atom. The predicted octanol–water partition coefficient (Wildman–Crippen LogP) is 3.86. The van der Waals surface area contributed by atoms with Gasteiger partial charge in [-0.1, -0.05) is 15.9 Å². The summed E-state index contributed by atoms with van der Waals surface area (Å²) < 4.78 is 34.0. The topological polar surface area (TPSA) is 122 Å². The monoisotopic (exact) mass is 563 g/mol. The van der Waals surface area contributed by atoms with Crippen LogP contribution in [0, 0.1) is 20.8 Å². The fraction of sp³-hybridized carbons (Fsp3) is 0.182. The molecule has 3 aromatic rings. The van der Waals surface area contributed by atoms with Crippen LogP contribution in [-0.2, 0) is 14.8 Å². The Labute approximate surface area is 211 Å². The first-order valence-electron chi connectivity index (χ1n) is 9.97. The van der Waals surface area contributed by atoms with Gasteiger partial charge in [-0.25, -0.2) is 23.1 Å². The molecule has 0 saturated heterocycles. The highest BCUT2D eigenvalue weighted by atomic mass is 79.9. The molecule has 9 nitrogen and oxygen atoms in total. The Morgan fingerprint density at radius 1 is 1.03 bits per heavy atom. The van der Waals surface area contributed by atoms with E-state index >= 15 is 0 Å². The van der Waals surface area contributed by atoms with Crippen LogP contribution in [0.3, 0.4) is 0 Å². The van der Waals surface area contributed by atoms with Crippen LogP contribution >= 0.6 is 28.1 Å². The van der Waals surface area contributed by atoms with Crippen LogP contribution in [0.4, 0.5) is 11.6 Å². The largest absolute Gasteiger partial charge is 0.484 e. The van der Waals surface area contributed by atoms with Crippen LogP contribution in [0.2, 0.25) is 0 Å².